The van der Waals surface area contributed by atoms with Gasteiger partial charge in [-0.15, -0.1) is 0 Å². The summed E-state index contributed by atoms with van der Waals surface area (Å²) in [5.74, 6) is -1.18. The fourth-order valence-electron chi connectivity index (χ4n) is 2.02. The third kappa shape index (κ3) is 6.19. The van der Waals surface area contributed by atoms with Gasteiger partial charge in [-0.3, -0.25) is 0 Å². The topological polar surface area (TPSA) is 94.1 Å². The molecule has 1 heterocycles. The number of aliphatic hydroxyl groups excluding tert-OH is 1. The third-order valence-electron chi connectivity index (χ3n) is 2.85. The molecule has 128 valence electrons. The van der Waals surface area contributed by atoms with Gasteiger partial charge >= 0.3 is 12.1 Å². The first-order chi connectivity index (χ1) is 9.89. The summed E-state index contributed by atoms with van der Waals surface area (Å²) in [5.41, 5.74) is -1.39. The highest BCUT2D eigenvalue weighted by atomic mass is 16.6. The van der Waals surface area contributed by atoms with E-state index >= 15 is 0 Å². The molecule has 1 fully saturated rings. The summed E-state index contributed by atoms with van der Waals surface area (Å²) in [4.78, 5) is 24.3. The summed E-state index contributed by atoms with van der Waals surface area (Å²) in [7, 11) is 0. The van der Waals surface area contributed by atoms with E-state index in [0.717, 1.165) is 0 Å². The van der Waals surface area contributed by atoms with Crippen LogP contribution < -0.4 is 5.32 Å². The number of hydrogen-bond acceptors (Lipinski definition) is 6. The maximum Gasteiger partial charge on any atom is 0.408 e. The second-order valence-corrected chi connectivity index (χ2v) is 7.43. The Kier molecular flexibility index (Phi) is 5.81. The number of carbonyl (C=O) groups excluding carboxylic acids is 2. The van der Waals surface area contributed by atoms with Crippen molar-refractivity contribution in [3.63, 3.8) is 0 Å². The van der Waals surface area contributed by atoms with Crippen molar-refractivity contribution in [1.29, 1.82) is 0 Å². The highest BCUT2D eigenvalue weighted by Crippen LogP contribution is 2.21. The van der Waals surface area contributed by atoms with Crippen molar-refractivity contribution in [1.82, 2.24) is 5.32 Å². The third-order valence-corrected chi connectivity index (χ3v) is 2.85. The van der Waals surface area contributed by atoms with E-state index in [4.69, 9.17) is 14.2 Å². The Morgan fingerprint density at radius 2 is 1.64 bits per heavy atom. The SMILES string of the molecule is CC(C)(C)OC(=O)N[C@@H](C(=O)OC(C)(C)C)[C@H]1COC[C@@H]1O. The maximum atomic E-state index is 12.3. The monoisotopic (exact) mass is 317 g/mol. The van der Waals surface area contributed by atoms with E-state index in [1.807, 2.05) is 0 Å². The van der Waals surface area contributed by atoms with Crippen molar-refractivity contribution in [2.75, 3.05) is 13.2 Å². The molecule has 1 rings (SSSR count). The van der Waals surface area contributed by atoms with Gasteiger partial charge in [-0.1, -0.05) is 0 Å². The minimum Gasteiger partial charge on any atom is -0.458 e. The zero-order chi connectivity index (χ0) is 17.1. The van der Waals surface area contributed by atoms with E-state index in [0.29, 0.717) is 0 Å². The van der Waals surface area contributed by atoms with E-state index < -0.39 is 41.3 Å². The maximum absolute atomic E-state index is 12.3. The van der Waals surface area contributed by atoms with Gasteiger partial charge in [-0.05, 0) is 41.5 Å². The Bertz CT molecular complexity index is 409. The number of aliphatic hydroxyl groups is 1. The standard InChI is InChI=1S/C15H27NO6/c1-14(2,3)21-12(18)11(9-7-20-8-10(9)17)16-13(19)22-15(4,5)6/h9-11,17H,7-8H2,1-6H3,(H,16,19)/t9-,10-,11+/m0/s1. The Morgan fingerprint density at radius 1 is 1.09 bits per heavy atom. The first-order valence-electron chi connectivity index (χ1n) is 7.37. The van der Waals surface area contributed by atoms with Gasteiger partial charge in [0, 0.05) is 5.92 Å². The minimum absolute atomic E-state index is 0.125. The Hall–Kier alpha value is -1.34. The highest BCUT2D eigenvalue weighted by Gasteiger charge is 2.41. The van der Waals surface area contributed by atoms with Crippen molar-refractivity contribution >= 4 is 12.1 Å². The van der Waals surface area contributed by atoms with Crippen LogP contribution in [0.5, 0.6) is 0 Å². The van der Waals surface area contributed by atoms with Crippen molar-refractivity contribution < 1.29 is 28.9 Å². The smallest absolute Gasteiger partial charge is 0.408 e. The van der Waals surface area contributed by atoms with Crippen molar-refractivity contribution in [2.24, 2.45) is 5.92 Å². The lowest BCUT2D eigenvalue weighted by Crippen LogP contribution is -2.52. The molecule has 0 spiro atoms. The van der Waals surface area contributed by atoms with E-state index in [-0.39, 0.29) is 13.2 Å². The van der Waals surface area contributed by atoms with Crippen LogP contribution in [-0.4, -0.2) is 53.7 Å². The lowest BCUT2D eigenvalue weighted by molar-refractivity contribution is -0.160. The number of esters is 1. The summed E-state index contributed by atoms with van der Waals surface area (Å²) in [6.07, 6.45) is -1.57. The molecule has 0 aromatic rings. The fourth-order valence-corrected chi connectivity index (χ4v) is 2.02. The average Bonchev–Trinajstić information content (AvgIpc) is 2.67. The fraction of sp³-hybridized carbons (Fsp3) is 0.867. The molecule has 1 amide bonds. The molecule has 0 aromatic heterocycles. The van der Waals surface area contributed by atoms with E-state index in [1.54, 1.807) is 41.5 Å². The van der Waals surface area contributed by atoms with Gasteiger partial charge in [-0.25, -0.2) is 9.59 Å². The molecule has 0 unspecified atom stereocenters. The van der Waals surface area contributed by atoms with Gasteiger partial charge in [0.15, 0.2) is 0 Å². The van der Waals surface area contributed by atoms with Gasteiger partial charge in [0.25, 0.3) is 0 Å². The van der Waals surface area contributed by atoms with Crippen LogP contribution >= 0.6 is 0 Å². The van der Waals surface area contributed by atoms with Crippen LogP contribution in [0, 0.1) is 5.92 Å². The Balaban J connectivity index is 2.82. The average molecular weight is 317 g/mol. The second kappa shape index (κ2) is 6.83. The molecule has 0 saturated carbocycles. The van der Waals surface area contributed by atoms with Crippen LogP contribution in [0.15, 0.2) is 0 Å². The summed E-state index contributed by atoms with van der Waals surface area (Å²) < 4.78 is 15.6. The Labute approximate surface area is 131 Å². The number of carbonyl (C=O) groups is 2. The molecular formula is C15H27NO6. The number of hydrogen-bond donors (Lipinski definition) is 2. The van der Waals surface area contributed by atoms with Gasteiger partial charge < -0.3 is 24.6 Å². The molecule has 7 nitrogen and oxygen atoms in total. The number of nitrogens with one attached hydrogen (secondary N) is 1. The molecule has 0 aliphatic carbocycles. The van der Waals surface area contributed by atoms with Crippen LogP contribution in [-0.2, 0) is 19.0 Å². The molecule has 2 N–H and O–H groups in total. The van der Waals surface area contributed by atoms with Crippen LogP contribution in [0.2, 0.25) is 0 Å². The van der Waals surface area contributed by atoms with Crippen LogP contribution in [0.1, 0.15) is 41.5 Å². The van der Waals surface area contributed by atoms with E-state index in [2.05, 4.69) is 5.32 Å². The number of alkyl carbamates (subject to hydrolysis) is 1. The van der Waals surface area contributed by atoms with Crippen molar-refractivity contribution in [3.05, 3.63) is 0 Å². The van der Waals surface area contributed by atoms with E-state index in [1.165, 1.54) is 0 Å². The lowest BCUT2D eigenvalue weighted by Gasteiger charge is -2.29. The highest BCUT2D eigenvalue weighted by molar-refractivity contribution is 5.82. The zero-order valence-corrected chi connectivity index (χ0v) is 14.1. The summed E-state index contributed by atoms with van der Waals surface area (Å²) in [5, 5.41) is 12.4. The van der Waals surface area contributed by atoms with Crippen molar-refractivity contribution in [3.8, 4) is 0 Å². The first kappa shape index (κ1) is 18.7. The molecule has 0 radical (unpaired) electrons. The van der Waals surface area contributed by atoms with Crippen molar-refractivity contribution in [2.45, 2.75) is 64.9 Å². The molecule has 7 heteroatoms. The molecule has 1 saturated heterocycles. The quantitative estimate of drug-likeness (QED) is 0.760. The van der Waals surface area contributed by atoms with Gasteiger partial charge in [0.05, 0.1) is 19.3 Å². The molecule has 1 aliphatic rings. The summed E-state index contributed by atoms with van der Waals surface area (Å²) in [6.45, 7) is 10.7. The lowest BCUT2D eigenvalue weighted by atomic mass is 9.96. The molecule has 0 aromatic carbocycles. The summed E-state index contributed by atoms with van der Waals surface area (Å²) in [6, 6.07) is -1.02. The molecule has 0 bridgehead atoms. The number of rotatable bonds is 3. The number of amides is 1. The predicted octanol–water partition coefficient (Wildman–Crippen LogP) is 1.23. The van der Waals surface area contributed by atoms with Gasteiger partial charge in [0.2, 0.25) is 0 Å². The zero-order valence-electron chi connectivity index (χ0n) is 14.1. The summed E-state index contributed by atoms with van der Waals surface area (Å²) >= 11 is 0. The molecular weight excluding hydrogens is 290 g/mol. The predicted molar refractivity (Wildman–Crippen MR) is 79.3 cm³/mol. The van der Waals surface area contributed by atoms with Gasteiger partial charge in [0.1, 0.15) is 17.2 Å². The van der Waals surface area contributed by atoms with Crippen LogP contribution in [0.25, 0.3) is 0 Å². The van der Waals surface area contributed by atoms with Crippen LogP contribution in [0.3, 0.4) is 0 Å². The largest absolute Gasteiger partial charge is 0.458 e. The molecule has 3 atom stereocenters. The first-order valence-corrected chi connectivity index (χ1v) is 7.37. The van der Waals surface area contributed by atoms with Gasteiger partial charge in [-0.2, -0.15) is 0 Å². The number of ether oxygens (including phenoxy) is 3. The molecule has 22 heavy (non-hydrogen) atoms. The second-order valence-electron chi connectivity index (χ2n) is 7.43. The van der Waals surface area contributed by atoms with E-state index in [9.17, 15) is 14.7 Å². The Morgan fingerprint density at radius 3 is 2.05 bits per heavy atom. The normalized spacial score (nSPS) is 23.8. The minimum atomic E-state index is -1.02. The van der Waals surface area contributed by atoms with Crippen LogP contribution in [0.4, 0.5) is 4.79 Å². The molecule has 1 aliphatic heterocycles.